The van der Waals surface area contributed by atoms with Crippen molar-refractivity contribution in [2.24, 2.45) is 0 Å². The van der Waals surface area contributed by atoms with Gasteiger partial charge >= 0.3 is 11.9 Å². The average Bonchev–Trinajstić information content (AvgIpc) is 2.54. The first-order chi connectivity index (χ1) is 11.5. The van der Waals surface area contributed by atoms with E-state index in [0.717, 1.165) is 19.3 Å². The van der Waals surface area contributed by atoms with Crippen molar-refractivity contribution >= 4 is 11.9 Å². The van der Waals surface area contributed by atoms with Gasteiger partial charge in [0.05, 0.1) is 6.10 Å². The van der Waals surface area contributed by atoms with E-state index in [2.05, 4.69) is 6.08 Å². The van der Waals surface area contributed by atoms with Gasteiger partial charge in [-0.3, -0.25) is 9.59 Å². The number of carbonyl (C=O) groups is 2. The van der Waals surface area contributed by atoms with Gasteiger partial charge in [-0.15, -0.1) is 0 Å². The van der Waals surface area contributed by atoms with Crippen LogP contribution in [0.15, 0.2) is 36.5 Å². The van der Waals surface area contributed by atoms with Crippen molar-refractivity contribution in [3.63, 3.8) is 0 Å². The zero-order valence-electron chi connectivity index (χ0n) is 14.2. The molecule has 3 atom stereocenters. The second-order valence-electron chi connectivity index (χ2n) is 5.47. The lowest BCUT2D eigenvalue weighted by Crippen LogP contribution is -2.33. The van der Waals surface area contributed by atoms with Crippen LogP contribution in [0.1, 0.15) is 33.1 Å². The second kappa shape index (κ2) is 11.6. The molecule has 6 nitrogen and oxygen atoms in total. The van der Waals surface area contributed by atoms with Gasteiger partial charge in [0, 0.05) is 20.5 Å². The molecule has 1 N–H and O–H groups in total. The first-order valence-electron chi connectivity index (χ1n) is 8.11. The largest absolute Gasteiger partial charge is 0.463 e. The molecule has 1 aliphatic rings. The molecule has 0 bridgehead atoms. The second-order valence-corrected chi connectivity index (χ2v) is 5.47. The highest BCUT2D eigenvalue weighted by molar-refractivity contribution is 5.66. The number of ether oxygens (including phenoxy) is 3. The fourth-order valence-electron chi connectivity index (χ4n) is 2.06. The summed E-state index contributed by atoms with van der Waals surface area (Å²) in [6, 6.07) is 0. The summed E-state index contributed by atoms with van der Waals surface area (Å²) in [7, 11) is 0. The zero-order valence-corrected chi connectivity index (χ0v) is 14.2. The van der Waals surface area contributed by atoms with E-state index in [4.69, 9.17) is 14.2 Å². The van der Waals surface area contributed by atoms with E-state index >= 15 is 0 Å². The van der Waals surface area contributed by atoms with Gasteiger partial charge in [-0.05, 0) is 25.3 Å². The van der Waals surface area contributed by atoms with E-state index in [-0.39, 0.29) is 12.7 Å². The van der Waals surface area contributed by atoms with Crippen LogP contribution in [-0.2, 0) is 23.8 Å². The molecule has 0 fully saturated rings. The number of carbonyl (C=O) groups excluding carboxylic acids is 2. The van der Waals surface area contributed by atoms with Gasteiger partial charge in [-0.1, -0.05) is 30.4 Å². The third kappa shape index (κ3) is 9.27. The van der Waals surface area contributed by atoms with Crippen LogP contribution >= 0.6 is 0 Å². The van der Waals surface area contributed by atoms with Crippen LogP contribution < -0.4 is 0 Å². The summed E-state index contributed by atoms with van der Waals surface area (Å²) in [6.45, 7) is 2.88. The van der Waals surface area contributed by atoms with Crippen molar-refractivity contribution in [2.45, 2.75) is 51.4 Å². The normalized spacial score (nSPS) is 23.9. The highest BCUT2D eigenvalue weighted by Crippen LogP contribution is 2.09. The molecule has 24 heavy (non-hydrogen) atoms. The zero-order chi connectivity index (χ0) is 17.8. The van der Waals surface area contributed by atoms with Crippen LogP contribution in [0.3, 0.4) is 0 Å². The monoisotopic (exact) mass is 338 g/mol. The molecule has 0 radical (unpaired) electrons. The molecular formula is C18H26O6. The molecule has 6 heteroatoms. The Morgan fingerprint density at radius 3 is 2.79 bits per heavy atom. The van der Waals surface area contributed by atoms with Gasteiger partial charge in [-0.25, -0.2) is 0 Å². The van der Waals surface area contributed by atoms with E-state index in [1.807, 2.05) is 18.2 Å². The van der Waals surface area contributed by atoms with Crippen LogP contribution in [0.2, 0.25) is 0 Å². The number of rotatable bonds is 6. The molecule has 0 aromatic carbocycles. The third-order valence-corrected chi connectivity index (χ3v) is 3.25. The van der Waals surface area contributed by atoms with Gasteiger partial charge < -0.3 is 19.3 Å². The maximum Gasteiger partial charge on any atom is 0.303 e. The van der Waals surface area contributed by atoms with E-state index in [1.54, 1.807) is 12.2 Å². The lowest BCUT2D eigenvalue weighted by Gasteiger charge is -2.20. The molecule has 0 aromatic rings. The molecule has 0 aromatic heterocycles. The number of hydrogen-bond donors (Lipinski definition) is 1. The van der Waals surface area contributed by atoms with Crippen molar-refractivity contribution < 1.29 is 28.9 Å². The Hall–Kier alpha value is -1.92. The Morgan fingerprint density at radius 2 is 2.08 bits per heavy atom. The molecule has 1 aliphatic heterocycles. The van der Waals surface area contributed by atoms with Crippen LogP contribution in [0, 0.1) is 0 Å². The SMILES string of the molecule is CC(=O)OC[C@@H](O)[C@H](/C=C/C1/C=C/C=C\CCCCO1)OC(C)=O. The summed E-state index contributed by atoms with van der Waals surface area (Å²) in [4.78, 5) is 22.0. The van der Waals surface area contributed by atoms with Crippen LogP contribution in [0.25, 0.3) is 0 Å². The molecule has 0 amide bonds. The van der Waals surface area contributed by atoms with Crippen molar-refractivity contribution in [3.8, 4) is 0 Å². The lowest BCUT2D eigenvalue weighted by atomic mass is 10.1. The van der Waals surface area contributed by atoms with Crippen molar-refractivity contribution in [3.05, 3.63) is 36.5 Å². The van der Waals surface area contributed by atoms with E-state index in [0.29, 0.717) is 6.61 Å². The molecule has 1 rings (SSSR count). The third-order valence-electron chi connectivity index (χ3n) is 3.25. The Balaban J connectivity index is 2.71. The standard InChI is InChI=1S/C18H26O6/c1-14(19)23-13-17(21)18(24-15(2)20)11-10-16-9-7-5-3-4-6-8-12-22-16/h3,5,7,9-11,16-18,21H,4,6,8,12-13H2,1-2H3/b5-3-,9-7+,11-10+/t16?,17-,18+/m1/s1. The maximum absolute atomic E-state index is 11.2. The number of esters is 2. The number of aliphatic hydroxyl groups is 1. The lowest BCUT2D eigenvalue weighted by molar-refractivity contribution is -0.154. The molecule has 0 saturated carbocycles. The van der Waals surface area contributed by atoms with Gasteiger partial charge in [0.2, 0.25) is 0 Å². The average molecular weight is 338 g/mol. The maximum atomic E-state index is 11.2. The summed E-state index contributed by atoms with van der Waals surface area (Å²) in [6.07, 6.45) is 11.8. The fraction of sp³-hybridized carbons (Fsp3) is 0.556. The first kappa shape index (κ1) is 20.1. The van der Waals surface area contributed by atoms with E-state index < -0.39 is 24.1 Å². The minimum absolute atomic E-state index is 0.248. The smallest absolute Gasteiger partial charge is 0.303 e. The van der Waals surface area contributed by atoms with Gasteiger partial charge in [0.15, 0.2) is 0 Å². The molecule has 0 aliphatic carbocycles. The minimum Gasteiger partial charge on any atom is -0.463 e. The van der Waals surface area contributed by atoms with Gasteiger partial charge in [0.25, 0.3) is 0 Å². The molecule has 0 spiro atoms. The number of allylic oxidation sites excluding steroid dienone is 3. The Labute approximate surface area is 142 Å². The summed E-state index contributed by atoms with van der Waals surface area (Å²) < 4.78 is 15.6. The summed E-state index contributed by atoms with van der Waals surface area (Å²) in [5.74, 6) is -1.04. The minimum atomic E-state index is -1.14. The van der Waals surface area contributed by atoms with Crippen LogP contribution in [0.5, 0.6) is 0 Å². The van der Waals surface area contributed by atoms with Crippen LogP contribution in [0.4, 0.5) is 0 Å². The van der Waals surface area contributed by atoms with Crippen molar-refractivity contribution in [1.29, 1.82) is 0 Å². The van der Waals surface area contributed by atoms with Crippen molar-refractivity contribution in [2.75, 3.05) is 13.2 Å². The van der Waals surface area contributed by atoms with Gasteiger partial charge in [-0.2, -0.15) is 0 Å². The van der Waals surface area contributed by atoms with Crippen molar-refractivity contribution in [1.82, 2.24) is 0 Å². The molecule has 1 unspecified atom stereocenters. The first-order valence-corrected chi connectivity index (χ1v) is 8.11. The predicted octanol–water partition coefficient (Wildman–Crippen LogP) is 2.08. The molecule has 0 saturated heterocycles. The Morgan fingerprint density at radius 1 is 1.29 bits per heavy atom. The van der Waals surface area contributed by atoms with E-state index in [9.17, 15) is 14.7 Å². The highest BCUT2D eigenvalue weighted by atomic mass is 16.6. The molecule has 134 valence electrons. The fourth-order valence-corrected chi connectivity index (χ4v) is 2.06. The summed E-state index contributed by atoms with van der Waals surface area (Å²) >= 11 is 0. The summed E-state index contributed by atoms with van der Waals surface area (Å²) in [5, 5.41) is 10.0. The number of aliphatic hydroxyl groups excluding tert-OH is 1. The van der Waals surface area contributed by atoms with Crippen LogP contribution in [-0.4, -0.2) is 48.6 Å². The summed E-state index contributed by atoms with van der Waals surface area (Å²) in [5.41, 5.74) is 0. The molecular weight excluding hydrogens is 312 g/mol. The van der Waals surface area contributed by atoms with Gasteiger partial charge in [0.1, 0.15) is 18.8 Å². The topological polar surface area (TPSA) is 82.1 Å². The highest BCUT2D eigenvalue weighted by Gasteiger charge is 2.21. The predicted molar refractivity (Wildman–Crippen MR) is 89.2 cm³/mol. The molecule has 1 heterocycles. The quantitative estimate of drug-likeness (QED) is 0.590. The Kier molecular flexibility index (Phi) is 9.72. The Bertz CT molecular complexity index is 480. The van der Waals surface area contributed by atoms with E-state index in [1.165, 1.54) is 13.8 Å². The number of hydrogen-bond acceptors (Lipinski definition) is 6.